The Hall–Kier alpha value is 1.05. The van der Waals surface area contributed by atoms with Gasteiger partial charge in [-0.05, 0) is 0 Å². The minimum absolute atomic E-state index is 1.51. The molecule has 0 aromatic carbocycles. The van der Waals surface area contributed by atoms with Crippen molar-refractivity contribution >= 4 is 31.7 Å². The van der Waals surface area contributed by atoms with Crippen LogP contribution in [0.5, 0.6) is 0 Å². The Bertz CT molecular complexity index is 29.0. The fourth-order valence-corrected chi connectivity index (χ4v) is 0. The van der Waals surface area contributed by atoms with E-state index in [0.29, 0.717) is 0 Å². The average molecular weight is 236 g/mol. The summed E-state index contributed by atoms with van der Waals surface area (Å²) in [7, 11) is 0. The molecule has 4 heavy (non-hydrogen) atoms. The van der Waals surface area contributed by atoms with Crippen LogP contribution in [-0.2, 0) is 3.74 Å². The average Bonchev–Trinajstić information content (AvgIpc) is 0.811. The van der Waals surface area contributed by atoms with Crippen molar-refractivity contribution in [3.05, 3.63) is 0 Å². The molecular formula is H2AsIO2. The van der Waals surface area contributed by atoms with E-state index in [-0.39, 0.29) is 0 Å². The first-order valence-electron chi connectivity index (χ1n) is 0.617. The van der Waals surface area contributed by atoms with Crippen molar-refractivity contribution in [2.75, 3.05) is 0 Å². The van der Waals surface area contributed by atoms with E-state index in [9.17, 15) is 3.74 Å². The second kappa shape index (κ2) is 2.30. The molecule has 0 bridgehead atoms. The summed E-state index contributed by atoms with van der Waals surface area (Å²) < 4.78 is 16.9. The summed E-state index contributed by atoms with van der Waals surface area (Å²) in [6, 6.07) is 0. The van der Waals surface area contributed by atoms with Gasteiger partial charge in [0.15, 0.2) is 0 Å². The molecule has 0 aliphatic heterocycles. The van der Waals surface area contributed by atoms with Crippen LogP contribution in [0.4, 0.5) is 0 Å². The van der Waals surface area contributed by atoms with Crippen LogP contribution >= 0.6 is 20.1 Å². The predicted octanol–water partition coefficient (Wildman–Crippen LogP) is -0.439. The summed E-state index contributed by atoms with van der Waals surface area (Å²) in [5.74, 6) is 0. The van der Waals surface area contributed by atoms with Crippen molar-refractivity contribution in [2.24, 2.45) is 0 Å². The number of halogens is 1. The molecule has 2 nitrogen and oxygen atoms in total. The molecular weight excluding hydrogens is 234 g/mol. The first-order chi connectivity index (χ1) is 1.73. The van der Waals surface area contributed by atoms with Gasteiger partial charge in [0.1, 0.15) is 0 Å². The van der Waals surface area contributed by atoms with Gasteiger partial charge in [0.25, 0.3) is 0 Å². The molecule has 0 aromatic rings. The van der Waals surface area contributed by atoms with E-state index < -0.39 is 11.6 Å². The molecule has 1 atom stereocenters. The van der Waals surface area contributed by atoms with Crippen LogP contribution in [-0.4, -0.2) is 15.7 Å². The molecule has 1 unspecified atom stereocenters. The molecule has 0 heterocycles. The standard InChI is InChI=1S/AsH2IO2/c2-1(3)4/h1H,(H,3,4). The Morgan fingerprint density at radius 3 is 2.00 bits per heavy atom. The summed E-state index contributed by atoms with van der Waals surface area (Å²) in [6.07, 6.45) is 0. The van der Waals surface area contributed by atoms with Crippen molar-refractivity contribution in [3.8, 4) is 0 Å². The van der Waals surface area contributed by atoms with Gasteiger partial charge < -0.3 is 0 Å². The van der Waals surface area contributed by atoms with Crippen molar-refractivity contribution in [2.45, 2.75) is 0 Å². The zero-order valence-electron chi connectivity index (χ0n) is 1.73. The van der Waals surface area contributed by atoms with Crippen LogP contribution in [0.2, 0.25) is 0 Å². The Labute approximate surface area is 39.6 Å². The monoisotopic (exact) mass is 236 g/mol. The van der Waals surface area contributed by atoms with Gasteiger partial charge in [-0.1, -0.05) is 0 Å². The zero-order valence-corrected chi connectivity index (χ0v) is 5.99. The van der Waals surface area contributed by atoms with E-state index in [4.69, 9.17) is 4.10 Å². The van der Waals surface area contributed by atoms with Crippen molar-refractivity contribution in [3.63, 3.8) is 0 Å². The number of hydrogen-bond donors (Lipinski definition) is 1. The van der Waals surface area contributed by atoms with Crippen molar-refractivity contribution < 1.29 is 7.84 Å². The van der Waals surface area contributed by atoms with Crippen LogP contribution < -0.4 is 0 Å². The van der Waals surface area contributed by atoms with Crippen LogP contribution in [0.25, 0.3) is 0 Å². The van der Waals surface area contributed by atoms with Gasteiger partial charge in [0.05, 0.1) is 0 Å². The summed E-state index contributed by atoms with van der Waals surface area (Å²) in [5, 5.41) is 0. The summed E-state index contributed by atoms with van der Waals surface area (Å²) in [4.78, 5) is 0. The van der Waals surface area contributed by atoms with Crippen LogP contribution in [0, 0.1) is 0 Å². The van der Waals surface area contributed by atoms with Gasteiger partial charge in [0.2, 0.25) is 0 Å². The van der Waals surface area contributed by atoms with Crippen molar-refractivity contribution in [1.29, 1.82) is 0 Å². The Balaban J connectivity index is 2.80. The maximum atomic E-state index is 9.24. The summed E-state index contributed by atoms with van der Waals surface area (Å²) in [5.41, 5.74) is 0. The molecule has 26 valence electrons. The van der Waals surface area contributed by atoms with Crippen LogP contribution in [0.1, 0.15) is 0 Å². The molecule has 1 N–H and O–H groups in total. The fourth-order valence-electron chi connectivity index (χ4n) is 0. The molecule has 0 aliphatic carbocycles. The second-order valence-electron chi connectivity index (χ2n) is 0.253. The predicted molar refractivity (Wildman–Crippen MR) is 24.1 cm³/mol. The SMILES string of the molecule is O=[AsH](O)I. The molecule has 0 saturated heterocycles. The normalized spacial score (nSPS) is 15.5. The zero-order chi connectivity index (χ0) is 3.58. The third kappa shape index (κ3) is 11.6. The molecule has 0 fully saturated rings. The van der Waals surface area contributed by atoms with Gasteiger partial charge >= 0.3 is 39.5 Å². The second-order valence-corrected chi connectivity index (χ2v) is 6.11. The molecule has 0 radical (unpaired) electrons. The van der Waals surface area contributed by atoms with Crippen molar-refractivity contribution in [1.82, 2.24) is 0 Å². The third-order valence-electron chi connectivity index (χ3n) is 0. The molecule has 0 aromatic heterocycles. The van der Waals surface area contributed by atoms with Crippen LogP contribution in [0.3, 0.4) is 0 Å². The van der Waals surface area contributed by atoms with Crippen LogP contribution in [0.15, 0.2) is 0 Å². The fraction of sp³-hybridized carbons (Fsp3) is 0. The van der Waals surface area contributed by atoms with E-state index >= 15 is 0 Å². The maximum absolute atomic E-state index is 9.24. The molecule has 0 saturated carbocycles. The first kappa shape index (κ1) is 5.05. The summed E-state index contributed by atoms with van der Waals surface area (Å²) in [6.45, 7) is 0. The quantitative estimate of drug-likeness (QED) is 0.457. The van der Waals surface area contributed by atoms with Gasteiger partial charge in [-0.2, -0.15) is 0 Å². The minimum atomic E-state index is -2.61. The number of hydrogen-bond acceptors (Lipinski definition) is 1. The van der Waals surface area contributed by atoms with Gasteiger partial charge in [-0.15, -0.1) is 0 Å². The summed E-state index contributed by atoms with van der Waals surface area (Å²) >= 11 is -1.10. The molecule has 0 spiro atoms. The van der Waals surface area contributed by atoms with Gasteiger partial charge in [-0.3, -0.25) is 0 Å². The van der Waals surface area contributed by atoms with E-state index in [2.05, 4.69) is 0 Å². The number of rotatable bonds is 0. The van der Waals surface area contributed by atoms with E-state index in [1.807, 2.05) is 0 Å². The van der Waals surface area contributed by atoms with E-state index in [1.54, 1.807) is 0 Å². The van der Waals surface area contributed by atoms with Gasteiger partial charge in [0, 0.05) is 0 Å². The molecule has 4 heteroatoms. The molecule has 0 rings (SSSR count). The Morgan fingerprint density at radius 1 is 2.00 bits per heavy atom. The molecule has 0 amide bonds. The van der Waals surface area contributed by atoms with Gasteiger partial charge in [-0.25, -0.2) is 0 Å². The van der Waals surface area contributed by atoms with E-state index in [0.717, 1.165) is 0 Å². The third-order valence-corrected chi connectivity index (χ3v) is 0. The Morgan fingerprint density at radius 2 is 2.00 bits per heavy atom. The first-order valence-corrected chi connectivity index (χ1v) is 8.81. The molecule has 0 aliphatic rings. The Kier molecular flexibility index (Phi) is 2.90. The van der Waals surface area contributed by atoms with E-state index in [1.165, 1.54) is 20.1 Å². The topological polar surface area (TPSA) is 37.3 Å².